The molecule has 1 aliphatic heterocycles. The summed E-state index contributed by atoms with van der Waals surface area (Å²) in [6.45, 7) is 3.87. The number of aromatic hydroxyl groups is 1. The van der Waals surface area contributed by atoms with E-state index in [0.717, 1.165) is 16.5 Å². The summed E-state index contributed by atoms with van der Waals surface area (Å²) in [4.78, 5) is 12.5. The summed E-state index contributed by atoms with van der Waals surface area (Å²) in [5, 5.41) is 11.5. The lowest BCUT2D eigenvalue weighted by Gasteiger charge is -2.28. The van der Waals surface area contributed by atoms with Crippen LogP contribution in [0.25, 0.3) is 23.1 Å². The molecule has 0 amide bonds. The predicted molar refractivity (Wildman–Crippen MR) is 101 cm³/mol. The predicted octanol–water partition coefficient (Wildman–Crippen LogP) is 5.22. The molecule has 1 aliphatic rings. The quantitative estimate of drug-likeness (QED) is 0.522. The molecular formula is C22H18O4. The highest BCUT2D eigenvalue weighted by Crippen LogP contribution is 2.38. The third-order valence-electron chi connectivity index (χ3n) is 4.37. The van der Waals surface area contributed by atoms with Gasteiger partial charge in [0, 0.05) is 5.39 Å². The Bertz CT molecular complexity index is 1070. The summed E-state index contributed by atoms with van der Waals surface area (Å²) < 4.78 is 11.1. The largest absolute Gasteiger partial charge is 0.506 e. The first-order valence-corrected chi connectivity index (χ1v) is 8.37. The first-order chi connectivity index (χ1) is 12.4. The van der Waals surface area contributed by atoms with Gasteiger partial charge in [-0.25, -0.2) is 0 Å². The molecule has 26 heavy (non-hydrogen) atoms. The van der Waals surface area contributed by atoms with Crippen molar-refractivity contribution in [1.82, 2.24) is 0 Å². The lowest BCUT2D eigenvalue weighted by Crippen LogP contribution is -2.27. The van der Waals surface area contributed by atoms with Gasteiger partial charge >= 0.3 is 0 Å². The number of allylic oxidation sites excluding steroid dienone is 1. The number of phenolic OH excluding ortho intramolecular Hbond substituents is 1. The van der Waals surface area contributed by atoms with Crippen LogP contribution in [-0.4, -0.2) is 16.5 Å². The van der Waals surface area contributed by atoms with E-state index < -0.39 is 5.60 Å². The number of hydrogen-bond donors (Lipinski definition) is 1. The minimum absolute atomic E-state index is 0.0609. The maximum absolute atomic E-state index is 12.5. The zero-order valence-electron chi connectivity index (χ0n) is 14.5. The maximum Gasteiger partial charge on any atom is 0.189 e. The molecule has 3 aromatic rings. The standard InChI is InChI=1S/C22H18O4/c1-22(2)11-9-17-20(26-22)8-5-16(21(17)24)18(23)6-3-14-4-7-19-15(13-14)10-12-25-19/h3-13,24H,1-2H3/b6-3+. The molecule has 4 rings (SSSR count). The number of rotatable bonds is 3. The van der Waals surface area contributed by atoms with E-state index in [1.54, 1.807) is 30.5 Å². The molecule has 0 radical (unpaired) electrons. The first-order valence-electron chi connectivity index (χ1n) is 8.37. The van der Waals surface area contributed by atoms with E-state index in [1.807, 2.05) is 44.2 Å². The Balaban J connectivity index is 1.62. The summed E-state index contributed by atoms with van der Waals surface area (Å²) in [6, 6.07) is 10.9. The Kier molecular flexibility index (Phi) is 3.69. The van der Waals surface area contributed by atoms with Crippen LogP contribution in [0.15, 0.2) is 59.2 Å². The van der Waals surface area contributed by atoms with E-state index in [0.29, 0.717) is 11.3 Å². The highest BCUT2D eigenvalue weighted by atomic mass is 16.5. The lowest BCUT2D eigenvalue weighted by molar-refractivity contribution is 0.104. The second kappa shape index (κ2) is 5.92. The van der Waals surface area contributed by atoms with E-state index in [9.17, 15) is 9.90 Å². The smallest absolute Gasteiger partial charge is 0.189 e. The van der Waals surface area contributed by atoms with Crippen molar-refractivity contribution in [2.45, 2.75) is 19.4 Å². The van der Waals surface area contributed by atoms with Gasteiger partial charge in [-0.15, -0.1) is 0 Å². The van der Waals surface area contributed by atoms with E-state index >= 15 is 0 Å². The number of ether oxygens (including phenoxy) is 1. The fourth-order valence-electron chi connectivity index (χ4n) is 2.99. The minimum Gasteiger partial charge on any atom is -0.506 e. The second-order valence-electron chi connectivity index (χ2n) is 6.83. The van der Waals surface area contributed by atoms with Crippen molar-refractivity contribution in [1.29, 1.82) is 0 Å². The molecule has 130 valence electrons. The third kappa shape index (κ3) is 2.90. The maximum atomic E-state index is 12.5. The van der Waals surface area contributed by atoms with Gasteiger partial charge in [0.25, 0.3) is 0 Å². The number of benzene rings is 2. The van der Waals surface area contributed by atoms with Crippen molar-refractivity contribution in [2.75, 3.05) is 0 Å². The molecule has 0 spiro atoms. The molecule has 4 heteroatoms. The average Bonchev–Trinajstić information content (AvgIpc) is 3.06. The molecule has 0 aliphatic carbocycles. The molecule has 0 atom stereocenters. The number of carbonyl (C=O) groups is 1. The SMILES string of the molecule is CC1(C)C=Cc2c(ccc(C(=O)/C=C/c3ccc4occc4c3)c2O)O1. The van der Waals surface area contributed by atoms with Crippen molar-refractivity contribution in [3.8, 4) is 11.5 Å². The molecule has 2 heterocycles. The molecule has 0 fully saturated rings. The van der Waals surface area contributed by atoms with E-state index in [-0.39, 0.29) is 17.1 Å². The van der Waals surface area contributed by atoms with Gasteiger partial charge in [0.2, 0.25) is 0 Å². The third-order valence-corrected chi connectivity index (χ3v) is 4.37. The molecule has 0 saturated carbocycles. The van der Waals surface area contributed by atoms with Crippen molar-refractivity contribution in [3.05, 3.63) is 71.5 Å². The van der Waals surface area contributed by atoms with Crippen LogP contribution >= 0.6 is 0 Å². The average molecular weight is 346 g/mol. The summed E-state index contributed by atoms with van der Waals surface area (Å²) >= 11 is 0. The Morgan fingerprint density at radius 2 is 2.00 bits per heavy atom. The Hall–Kier alpha value is -3.27. The highest BCUT2D eigenvalue weighted by Gasteiger charge is 2.25. The van der Waals surface area contributed by atoms with E-state index in [4.69, 9.17) is 9.15 Å². The van der Waals surface area contributed by atoms with Crippen molar-refractivity contribution >= 4 is 28.9 Å². The number of phenols is 1. The number of furan rings is 1. The van der Waals surface area contributed by atoms with Crippen molar-refractivity contribution in [3.63, 3.8) is 0 Å². The van der Waals surface area contributed by atoms with Crippen LogP contribution in [0.3, 0.4) is 0 Å². The van der Waals surface area contributed by atoms with Crippen LogP contribution in [0, 0.1) is 0 Å². The minimum atomic E-state index is -0.434. The van der Waals surface area contributed by atoms with Crippen molar-refractivity contribution in [2.24, 2.45) is 0 Å². The molecule has 1 aromatic heterocycles. The highest BCUT2D eigenvalue weighted by molar-refractivity contribution is 6.09. The van der Waals surface area contributed by atoms with E-state index in [2.05, 4.69) is 0 Å². The van der Waals surface area contributed by atoms with Gasteiger partial charge in [-0.3, -0.25) is 4.79 Å². The zero-order valence-corrected chi connectivity index (χ0v) is 14.5. The normalized spacial score (nSPS) is 15.2. The second-order valence-corrected chi connectivity index (χ2v) is 6.83. The first kappa shape index (κ1) is 16.2. The topological polar surface area (TPSA) is 59.7 Å². The number of fused-ring (bicyclic) bond motifs is 2. The van der Waals surface area contributed by atoms with Crippen LogP contribution < -0.4 is 4.74 Å². The zero-order chi connectivity index (χ0) is 18.3. The number of hydrogen-bond acceptors (Lipinski definition) is 4. The van der Waals surface area contributed by atoms with Gasteiger partial charge in [-0.05, 0) is 68.0 Å². The summed E-state index contributed by atoms with van der Waals surface area (Å²) in [5.74, 6) is 0.242. The summed E-state index contributed by atoms with van der Waals surface area (Å²) in [6.07, 6.45) is 8.47. The van der Waals surface area contributed by atoms with Crippen LogP contribution in [0.5, 0.6) is 11.5 Å². The lowest BCUT2D eigenvalue weighted by atomic mass is 9.98. The van der Waals surface area contributed by atoms with Gasteiger partial charge < -0.3 is 14.3 Å². The molecule has 4 nitrogen and oxygen atoms in total. The Morgan fingerprint density at radius 3 is 2.85 bits per heavy atom. The summed E-state index contributed by atoms with van der Waals surface area (Å²) in [5.41, 5.74) is 2.03. The van der Waals surface area contributed by atoms with Gasteiger partial charge in [0.15, 0.2) is 5.78 Å². The molecular weight excluding hydrogens is 328 g/mol. The molecule has 2 aromatic carbocycles. The van der Waals surface area contributed by atoms with E-state index in [1.165, 1.54) is 6.08 Å². The van der Waals surface area contributed by atoms with Gasteiger partial charge in [0.05, 0.1) is 17.4 Å². The fourth-order valence-corrected chi connectivity index (χ4v) is 2.99. The van der Waals surface area contributed by atoms with Crippen LogP contribution in [-0.2, 0) is 0 Å². The fraction of sp³-hybridized carbons (Fsp3) is 0.136. The summed E-state index contributed by atoms with van der Waals surface area (Å²) in [7, 11) is 0. The Labute approximate surface area is 151 Å². The van der Waals surface area contributed by atoms with Crippen LogP contribution in [0.2, 0.25) is 0 Å². The number of ketones is 1. The Morgan fingerprint density at radius 1 is 1.15 bits per heavy atom. The molecule has 1 N–H and O–H groups in total. The molecule has 0 bridgehead atoms. The van der Waals surface area contributed by atoms with Crippen LogP contribution in [0.1, 0.15) is 35.3 Å². The van der Waals surface area contributed by atoms with Gasteiger partial charge in [-0.1, -0.05) is 12.1 Å². The van der Waals surface area contributed by atoms with Crippen LogP contribution in [0.4, 0.5) is 0 Å². The number of carbonyl (C=O) groups excluding carboxylic acids is 1. The monoisotopic (exact) mass is 346 g/mol. The molecule has 0 unspecified atom stereocenters. The molecule has 0 saturated heterocycles. The van der Waals surface area contributed by atoms with Gasteiger partial charge in [0.1, 0.15) is 22.7 Å². The van der Waals surface area contributed by atoms with Gasteiger partial charge in [-0.2, -0.15) is 0 Å². The van der Waals surface area contributed by atoms with Crippen molar-refractivity contribution < 1.29 is 19.1 Å².